The fourth-order valence-electron chi connectivity index (χ4n) is 3.37. The molecule has 1 fully saturated rings. The summed E-state index contributed by atoms with van der Waals surface area (Å²) in [5, 5.41) is 3.77. The van der Waals surface area contributed by atoms with Crippen LogP contribution < -0.4 is 10.1 Å². The summed E-state index contributed by atoms with van der Waals surface area (Å²) < 4.78 is 5.33. The molecule has 1 unspecified atom stereocenters. The zero-order chi connectivity index (χ0) is 13.1. The van der Waals surface area contributed by atoms with Gasteiger partial charge in [0.1, 0.15) is 5.75 Å². The predicted molar refractivity (Wildman–Crippen MR) is 78.6 cm³/mol. The SMILES string of the molecule is COc1ccc2c(c1)CCCC2NCCC1CCC1. The smallest absolute Gasteiger partial charge is 0.119 e. The molecule has 19 heavy (non-hydrogen) atoms. The lowest BCUT2D eigenvalue weighted by Gasteiger charge is -2.29. The predicted octanol–water partition coefficient (Wildman–Crippen LogP) is 3.85. The van der Waals surface area contributed by atoms with Crippen LogP contribution in [-0.4, -0.2) is 13.7 Å². The van der Waals surface area contributed by atoms with Gasteiger partial charge in [0.2, 0.25) is 0 Å². The molecule has 3 rings (SSSR count). The van der Waals surface area contributed by atoms with Crippen molar-refractivity contribution >= 4 is 0 Å². The van der Waals surface area contributed by atoms with Gasteiger partial charge in [-0.2, -0.15) is 0 Å². The summed E-state index contributed by atoms with van der Waals surface area (Å²) in [7, 11) is 1.75. The topological polar surface area (TPSA) is 21.3 Å². The quantitative estimate of drug-likeness (QED) is 0.867. The number of hydrogen-bond donors (Lipinski definition) is 1. The van der Waals surface area contributed by atoms with Crippen LogP contribution in [0.1, 0.15) is 55.7 Å². The van der Waals surface area contributed by atoms with Crippen LogP contribution >= 0.6 is 0 Å². The minimum absolute atomic E-state index is 0.565. The van der Waals surface area contributed by atoms with Crippen molar-refractivity contribution in [1.29, 1.82) is 0 Å². The minimum Gasteiger partial charge on any atom is -0.497 e. The molecule has 1 N–H and O–H groups in total. The van der Waals surface area contributed by atoms with Gasteiger partial charge in [-0.1, -0.05) is 25.3 Å². The Labute approximate surface area is 116 Å². The standard InChI is InChI=1S/C17H25NO/c1-19-15-8-9-16-14(12-15)6-3-7-17(16)18-11-10-13-4-2-5-13/h8-9,12-13,17-18H,2-7,10-11H2,1H3. The molecule has 0 radical (unpaired) electrons. The third-order valence-corrected chi connectivity index (χ3v) is 4.83. The second-order valence-electron chi connectivity index (χ2n) is 6.05. The molecule has 0 heterocycles. The molecule has 2 aliphatic carbocycles. The van der Waals surface area contributed by atoms with E-state index in [1.54, 1.807) is 7.11 Å². The van der Waals surface area contributed by atoms with Gasteiger partial charge in [0.05, 0.1) is 7.11 Å². The molecule has 2 aliphatic rings. The minimum atomic E-state index is 0.565. The van der Waals surface area contributed by atoms with Crippen LogP contribution in [0.5, 0.6) is 5.75 Å². The van der Waals surface area contributed by atoms with E-state index in [1.807, 2.05) is 0 Å². The summed E-state index contributed by atoms with van der Waals surface area (Å²) in [6.45, 7) is 1.18. The third kappa shape index (κ3) is 2.94. The van der Waals surface area contributed by atoms with Crippen molar-refractivity contribution in [2.45, 2.75) is 51.0 Å². The molecule has 0 bridgehead atoms. The summed E-state index contributed by atoms with van der Waals surface area (Å²) in [6.07, 6.45) is 9.51. The van der Waals surface area contributed by atoms with Crippen molar-refractivity contribution in [3.05, 3.63) is 29.3 Å². The van der Waals surface area contributed by atoms with Crippen molar-refractivity contribution in [2.75, 3.05) is 13.7 Å². The first-order valence-corrected chi connectivity index (χ1v) is 7.77. The Balaban J connectivity index is 1.60. The fourth-order valence-corrected chi connectivity index (χ4v) is 3.37. The lowest BCUT2D eigenvalue weighted by Crippen LogP contribution is -2.28. The van der Waals surface area contributed by atoms with Gasteiger partial charge < -0.3 is 10.1 Å². The fraction of sp³-hybridized carbons (Fsp3) is 0.647. The molecular formula is C17H25NO. The highest BCUT2D eigenvalue weighted by Crippen LogP contribution is 2.33. The van der Waals surface area contributed by atoms with E-state index >= 15 is 0 Å². The first-order chi connectivity index (χ1) is 9.36. The Morgan fingerprint density at radius 1 is 1.21 bits per heavy atom. The van der Waals surface area contributed by atoms with E-state index in [0.717, 1.165) is 11.7 Å². The summed E-state index contributed by atoms with van der Waals surface area (Å²) in [6, 6.07) is 7.14. The number of benzene rings is 1. The van der Waals surface area contributed by atoms with Crippen molar-refractivity contribution in [3.8, 4) is 5.75 Å². The molecule has 0 aliphatic heterocycles. The maximum Gasteiger partial charge on any atom is 0.119 e. The second kappa shape index (κ2) is 5.96. The third-order valence-electron chi connectivity index (χ3n) is 4.83. The van der Waals surface area contributed by atoms with Gasteiger partial charge in [0.25, 0.3) is 0 Å². The van der Waals surface area contributed by atoms with Gasteiger partial charge in [-0.05, 0) is 61.4 Å². The summed E-state index contributed by atoms with van der Waals surface area (Å²) >= 11 is 0. The van der Waals surface area contributed by atoms with Gasteiger partial charge >= 0.3 is 0 Å². The normalized spacial score (nSPS) is 22.7. The number of nitrogens with one attached hydrogen (secondary N) is 1. The maximum absolute atomic E-state index is 5.33. The Kier molecular flexibility index (Phi) is 4.07. The highest BCUT2D eigenvalue weighted by atomic mass is 16.5. The van der Waals surface area contributed by atoms with E-state index in [9.17, 15) is 0 Å². The number of hydrogen-bond acceptors (Lipinski definition) is 2. The Hall–Kier alpha value is -1.02. The van der Waals surface area contributed by atoms with Crippen molar-refractivity contribution in [2.24, 2.45) is 5.92 Å². The van der Waals surface area contributed by atoms with Crippen LogP contribution in [0.3, 0.4) is 0 Å². The van der Waals surface area contributed by atoms with Crippen LogP contribution in [0.15, 0.2) is 18.2 Å². The summed E-state index contributed by atoms with van der Waals surface area (Å²) in [5.74, 6) is 2.00. The number of methoxy groups -OCH3 is 1. The largest absolute Gasteiger partial charge is 0.497 e. The van der Waals surface area contributed by atoms with Crippen molar-refractivity contribution < 1.29 is 4.74 Å². The molecule has 0 saturated heterocycles. The molecule has 0 spiro atoms. The number of rotatable bonds is 5. The number of ether oxygens (including phenoxy) is 1. The molecule has 1 atom stereocenters. The lowest BCUT2D eigenvalue weighted by molar-refractivity contribution is 0.285. The highest BCUT2D eigenvalue weighted by Gasteiger charge is 2.21. The average molecular weight is 259 g/mol. The van der Waals surface area contributed by atoms with E-state index in [4.69, 9.17) is 4.74 Å². The first kappa shape index (κ1) is 13.0. The van der Waals surface area contributed by atoms with Crippen LogP contribution in [0.4, 0.5) is 0 Å². The molecule has 1 saturated carbocycles. The Bertz CT molecular complexity index is 425. The van der Waals surface area contributed by atoms with E-state index in [0.29, 0.717) is 6.04 Å². The molecule has 2 heteroatoms. The molecule has 104 valence electrons. The van der Waals surface area contributed by atoms with E-state index < -0.39 is 0 Å². The van der Waals surface area contributed by atoms with Gasteiger partial charge in [0.15, 0.2) is 0 Å². The molecule has 0 aromatic heterocycles. The Morgan fingerprint density at radius 2 is 2.11 bits per heavy atom. The Morgan fingerprint density at radius 3 is 2.84 bits per heavy atom. The monoisotopic (exact) mass is 259 g/mol. The van der Waals surface area contributed by atoms with E-state index in [-0.39, 0.29) is 0 Å². The summed E-state index contributed by atoms with van der Waals surface area (Å²) in [5.41, 5.74) is 2.98. The zero-order valence-corrected chi connectivity index (χ0v) is 12.0. The first-order valence-electron chi connectivity index (χ1n) is 7.77. The zero-order valence-electron chi connectivity index (χ0n) is 12.0. The van der Waals surface area contributed by atoms with Crippen molar-refractivity contribution in [3.63, 3.8) is 0 Å². The molecule has 1 aromatic carbocycles. The molecular weight excluding hydrogens is 234 g/mol. The molecule has 1 aromatic rings. The molecule has 2 nitrogen and oxygen atoms in total. The van der Waals surface area contributed by atoms with Gasteiger partial charge in [0, 0.05) is 6.04 Å². The number of aryl methyl sites for hydroxylation is 1. The maximum atomic E-state index is 5.33. The van der Waals surface area contributed by atoms with Crippen molar-refractivity contribution in [1.82, 2.24) is 5.32 Å². The van der Waals surface area contributed by atoms with Crippen LogP contribution in [0.2, 0.25) is 0 Å². The van der Waals surface area contributed by atoms with Gasteiger partial charge in [-0.3, -0.25) is 0 Å². The van der Waals surface area contributed by atoms with Gasteiger partial charge in [-0.15, -0.1) is 0 Å². The highest BCUT2D eigenvalue weighted by molar-refractivity contribution is 5.39. The molecule has 0 amide bonds. The van der Waals surface area contributed by atoms with E-state index in [2.05, 4.69) is 23.5 Å². The second-order valence-corrected chi connectivity index (χ2v) is 6.05. The van der Waals surface area contributed by atoms with Crippen LogP contribution in [-0.2, 0) is 6.42 Å². The lowest BCUT2D eigenvalue weighted by atomic mass is 9.82. The van der Waals surface area contributed by atoms with Crippen LogP contribution in [0, 0.1) is 5.92 Å². The average Bonchev–Trinajstić information content (AvgIpc) is 2.41. The summed E-state index contributed by atoms with van der Waals surface area (Å²) in [4.78, 5) is 0. The van der Waals surface area contributed by atoms with Crippen LogP contribution in [0.25, 0.3) is 0 Å². The van der Waals surface area contributed by atoms with Gasteiger partial charge in [-0.25, -0.2) is 0 Å². The number of fused-ring (bicyclic) bond motifs is 1. The van der Waals surface area contributed by atoms with E-state index in [1.165, 1.54) is 62.6 Å².